The monoisotopic (exact) mass is 324 g/mol. The maximum absolute atomic E-state index is 13.8. The van der Waals surface area contributed by atoms with Gasteiger partial charge in [0, 0.05) is 25.7 Å². The van der Waals surface area contributed by atoms with Crippen molar-refractivity contribution in [1.82, 2.24) is 10.2 Å². The number of rotatable bonds is 6. The third-order valence-corrected chi connectivity index (χ3v) is 4.09. The molecule has 1 unspecified atom stereocenters. The van der Waals surface area contributed by atoms with Gasteiger partial charge in [0.25, 0.3) is 0 Å². The van der Waals surface area contributed by atoms with Crippen molar-refractivity contribution in [3.63, 3.8) is 0 Å². The van der Waals surface area contributed by atoms with Crippen LogP contribution < -0.4 is 10.1 Å². The molecule has 1 aromatic carbocycles. The summed E-state index contributed by atoms with van der Waals surface area (Å²) in [6.45, 7) is 3.26. The molecule has 0 radical (unpaired) electrons. The third-order valence-electron chi connectivity index (χ3n) is 4.09. The van der Waals surface area contributed by atoms with Crippen LogP contribution in [0.3, 0.4) is 0 Å². The fraction of sp³-hybridized carbons (Fsp3) is 0.588. The van der Waals surface area contributed by atoms with Crippen LogP contribution in [0.4, 0.5) is 9.18 Å². The number of hydrogen-bond donors (Lipinski definition) is 2. The number of hydrogen-bond acceptors (Lipinski definition) is 3. The van der Waals surface area contributed by atoms with Gasteiger partial charge in [-0.1, -0.05) is 6.07 Å². The Balaban J connectivity index is 1.91. The molecule has 0 aliphatic carbocycles. The topological polar surface area (TPSA) is 61.8 Å². The molecule has 23 heavy (non-hydrogen) atoms. The quantitative estimate of drug-likeness (QED) is 0.846. The Labute approximate surface area is 136 Å². The van der Waals surface area contributed by atoms with Gasteiger partial charge in [0.2, 0.25) is 0 Å². The molecular formula is C17H25FN2O3. The van der Waals surface area contributed by atoms with E-state index in [2.05, 4.69) is 5.32 Å². The minimum absolute atomic E-state index is 0.0819. The van der Waals surface area contributed by atoms with Gasteiger partial charge in [0.1, 0.15) is 0 Å². The van der Waals surface area contributed by atoms with Crippen molar-refractivity contribution in [3.05, 3.63) is 29.6 Å². The summed E-state index contributed by atoms with van der Waals surface area (Å²) in [4.78, 5) is 14.1. The summed E-state index contributed by atoms with van der Waals surface area (Å²) in [5.74, 6) is -0.198. The summed E-state index contributed by atoms with van der Waals surface area (Å²) in [7, 11) is 0. The van der Waals surface area contributed by atoms with Gasteiger partial charge in [0.15, 0.2) is 11.6 Å². The second kappa shape index (κ2) is 8.72. The number of carbonyl (C=O) groups excluding carboxylic acids is 1. The van der Waals surface area contributed by atoms with E-state index in [1.807, 2.05) is 0 Å². The zero-order chi connectivity index (χ0) is 16.7. The Hall–Kier alpha value is -1.82. The number of aliphatic hydroxyl groups excluding tert-OH is 1. The molecule has 0 aromatic heterocycles. The first-order chi connectivity index (χ1) is 11.2. The van der Waals surface area contributed by atoms with Gasteiger partial charge in [-0.2, -0.15) is 0 Å². The predicted molar refractivity (Wildman–Crippen MR) is 85.9 cm³/mol. The number of halogens is 1. The van der Waals surface area contributed by atoms with Crippen LogP contribution in [-0.4, -0.2) is 41.8 Å². The Morgan fingerprint density at radius 1 is 1.48 bits per heavy atom. The van der Waals surface area contributed by atoms with E-state index in [0.29, 0.717) is 25.1 Å². The van der Waals surface area contributed by atoms with Gasteiger partial charge in [0.05, 0.1) is 6.61 Å². The van der Waals surface area contributed by atoms with Crippen LogP contribution in [0.5, 0.6) is 5.75 Å². The van der Waals surface area contributed by atoms with Crippen molar-refractivity contribution in [1.29, 1.82) is 0 Å². The summed E-state index contributed by atoms with van der Waals surface area (Å²) < 4.78 is 19.0. The maximum Gasteiger partial charge on any atom is 0.317 e. The van der Waals surface area contributed by atoms with Crippen LogP contribution in [0, 0.1) is 5.82 Å². The molecule has 2 rings (SSSR count). The van der Waals surface area contributed by atoms with Crippen LogP contribution in [0.25, 0.3) is 0 Å². The summed E-state index contributed by atoms with van der Waals surface area (Å²) in [5.41, 5.74) is 0.690. The molecule has 1 aliphatic rings. The molecule has 1 atom stereocenters. The van der Waals surface area contributed by atoms with Gasteiger partial charge >= 0.3 is 6.03 Å². The standard InChI is InChI=1S/C17H25FN2O3/c1-2-23-16-7-6-13(11-15(16)18)12-19-17(22)20-9-4-3-5-14(20)8-10-21/h6-7,11,14,21H,2-5,8-10,12H2,1H3,(H,19,22). The number of urea groups is 1. The molecule has 0 spiro atoms. The predicted octanol–water partition coefficient (Wildman–Crippen LogP) is 2.67. The summed E-state index contributed by atoms with van der Waals surface area (Å²) in [6.07, 6.45) is 3.59. The molecular weight excluding hydrogens is 299 g/mol. The first-order valence-electron chi connectivity index (χ1n) is 8.22. The number of amides is 2. The SMILES string of the molecule is CCOc1ccc(CNC(=O)N2CCCCC2CCO)cc1F. The number of ether oxygens (including phenoxy) is 1. The number of likely N-dealkylation sites (tertiary alicyclic amines) is 1. The zero-order valence-electron chi connectivity index (χ0n) is 13.6. The first-order valence-corrected chi connectivity index (χ1v) is 8.22. The lowest BCUT2D eigenvalue weighted by Crippen LogP contribution is -2.48. The number of piperidine rings is 1. The second-order valence-electron chi connectivity index (χ2n) is 5.71. The molecule has 5 nitrogen and oxygen atoms in total. The molecule has 0 bridgehead atoms. The van der Waals surface area contributed by atoms with E-state index >= 15 is 0 Å². The van der Waals surface area contributed by atoms with Crippen LogP contribution >= 0.6 is 0 Å². The van der Waals surface area contributed by atoms with Crippen molar-refractivity contribution in [2.24, 2.45) is 0 Å². The highest BCUT2D eigenvalue weighted by Gasteiger charge is 2.25. The number of carbonyl (C=O) groups is 1. The molecule has 0 saturated carbocycles. The van der Waals surface area contributed by atoms with E-state index in [-0.39, 0.29) is 31.0 Å². The van der Waals surface area contributed by atoms with Crippen molar-refractivity contribution in [2.45, 2.75) is 45.2 Å². The van der Waals surface area contributed by atoms with Crippen molar-refractivity contribution >= 4 is 6.03 Å². The third kappa shape index (κ3) is 4.82. The van der Waals surface area contributed by atoms with E-state index in [1.165, 1.54) is 6.07 Å². The lowest BCUT2D eigenvalue weighted by atomic mass is 10.0. The van der Waals surface area contributed by atoms with Gasteiger partial charge in [-0.05, 0) is 50.3 Å². The molecule has 1 fully saturated rings. The van der Waals surface area contributed by atoms with Crippen LogP contribution in [0.15, 0.2) is 18.2 Å². The summed E-state index contributed by atoms with van der Waals surface area (Å²) in [5, 5.41) is 11.9. The Morgan fingerprint density at radius 2 is 2.30 bits per heavy atom. The molecule has 1 aromatic rings. The Bertz CT molecular complexity index is 523. The Morgan fingerprint density at radius 3 is 3.00 bits per heavy atom. The first kappa shape index (κ1) is 17.5. The van der Waals surface area contributed by atoms with Crippen LogP contribution in [0.1, 0.15) is 38.2 Å². The number of benzene rings is 1. The van der Waals surface area contributed by atoms with Crippen molar-refractivity contribution in [2.75, 3.05) is 19.8 Å². The van der Waals surface area contributed by atoms with Gasteiger partial charge in [-0.15, -0.1) is 0 Å². The number of nitrogens with zero attached hydrogens (tertiary/aromatic N) is 1. The molecule has 6 heteroatoms. The van der Waals surface area contributed by atoms with Gasteiger partial charge < -0.3 is 20.1 Å². The fourth-order valence-electron chi connectivity index (χ4n) is 2.92. The molecule has 128 valence electrons. The second-order valence-corrected chi connectivity index (χ2v) is 5.71. The average Bonchev–Trinajstić information content (AvgIpc) is 2.56. The summed E-state index contributed by atoms with van der Waals surface area (Å²) in [6, 6.07) is 4.64. The fourth-order valence-corrected chi connectivity index (χ4v) is 2.92. The van der Waals surface area contributed by atoms with E-state index in [1.54, 1.807) is 24.0 Å². The molecule has 1 saturated heterocycles. The van der Waals surface area contributed by atoms with E-state index < -0.39 is 5.82 Å². The number of nitrogens with one attached hydrogen (secondary N) is 1. The Kier molecular flexibility index (Phi) is 6.65. The van der Waals surface area contributed by atoms with Crippen LogP contribution in [0.2, 0.25) is 0 Å². The van der Waals surface area contributed by atoms with E-state index in [9.17, 15) is 9.18 Å². The maximum atomic E-state index is 13.8. The average molecular weight is 324 g/mol. The van der Waals surface area contributed by atoms with Gasteiger partial charge in [-0.25, -0.2) is 9.18 Å². The zero-order valence-corrected chi connectivity index (χ0v) is 13.6. The van der Waals surface area contributed by atoms with Crippen molar-refractivity contribution < 1.29 is 19.0 Å². The van der Waals surface area contributed by atoms with E-state index in [4.69, 9.17) is 9.84 Å². The lowest BCUT2D eigenvalue weighted by molar-refractivity contribution is 0.131. The largest absolute Gasteiger partial charge is 0.491 e. The highest BCUT2D eigenvalue weighted by atomic mass is 19.1. The van der Waals surface area contributed by atoms with Crippen LogP contribution in [-0.2, 0) is 6.54 Å². The highest BCUT2D eigenvalue weighted by molar-refractivity contribution is 5.74. The number of aliphatic hydroxyl groups is 1. The minimum Gasteiger partial charge on any atom is -0.491 e. The van der Waals surface area contributed by atoms with Crippen molar-refractivity contribution in [3.8, 4) is 5.75 Å². The van der Waals surface area contributed by atoms with E-state index in [0.717, 1.165) is 19.3 Å². The normalized spacial score (nSPS) is 17.9. The molecule has 1 heterocycles. The summed E-state index contributed by atoms with van der Waals surface area (Å²) >= 11 is 0. The molecule has 2 N–H and O–H groups in total. The minimum atomic E-state index is -0.422. The highest BCUT2D eigenvalue weighted by Crippen LogP contribution is 2.20. The van der Waals surface area contributed by atoms with Gasteiger partial charge in [-0.3, -0.25) is 0 Å². The molecule has 2 amide bonds. The lowest BCUT2D eigenvalue weighted by Gasteiger charge is -2.35. The molecule has 1 aliphatic heterocycles. The smallest absolute Gasteiger partial charge is 0.317 e.